The van der Waals surface area contributed by atoms with Gasteiger partial charge >= 0.3 is 0 Å². The van der Waals surface area contributed by atoms with Gasteiger partial charge in [-0.2, -0.15) is 10.4 Å². The molecular formula is C19H15ClN4OS. The van der Waals surface area contributed by atoms with E-state index in [0.29, 0.717) is 22.2 Å². The lowest BCUT2D eigenvalue weighted by Crippen LogP contribution is -2.17. The van der Waals surface area contributed by atoms with Gasteiger partial charge in [-0.15, -0.1) is 11.8 Å². The van der Waals surface area contributed by atoms with Crippen LogP contribution in [0.15, 0.2) is 60.8 Å². The van der Waals surface area contributed by atoms with E-state index in [1.807, 2.05) is 54.6 Å². The summed E-state index contributed by atoms with van der Waals surface area (Å²) >= 11 is 7.44. The Bertz CT molecular complexity index is 950. The van der Waals surface area contributed by atoms with Gasteiger partial charge in [0.15, 0.2) is 5.82 Å². The maximum absolute atomic E-state index is 12.3. The zero-order valence-electron chi connectivity index (χ0n) is 13.7. The lowest BCUT2D eigenvalue weighted by Gasteiger charge is -2.09. The minimum atomic E-state index is -0.189. The second kappa shape index (κ2) is 8.56. The fourth-order valence-corrected chi connectivity index (χ4v) is 3.36. The van der Waals surface area contributed by atoms with Gasteiger partial charge in [0.25, 0.3) is 0 Å². The summed E-state index contributed by atoms with van der Waals surface area (Å²) < 4.78 is 1.55. The second-order valence-electron chi connectivity index (χ2n) is 5.44. The highest BCUT2D eigenvalue weighted by atomic mass is 35.5. The molecule has 3 rings (SSSR count). The Labute approximate surface area is 160 Å². The molecule has 3 aromatic rings. The molecule has 0 saturated carbocycles. The first kappa shape index (κ1) is 18.1. The van der Waals surface area contributed by atoms with Gasteiger partial charge in [0.1, 0.15) is 11.6 Å². The first-order valence-corrected chi connectivity index (χ1v) is 9.36. The third-order valence-corrected chi connectivity index (χ3v) is 4.78. The zero-order valence-corrected chi connectivity index (χ0v) is 15.3. The third-order valence-electron chi connectivity index (χ3n) is 3.54. The number of aromatic nitrogens is 2. The van der Waals surface area contributed by atoms with Crippen molar-refractivity contribution in [1.82, 2.24) is 9.78 Å². The largest absolute Gasteiger partial charge is 0.309 e. The molecule has 2 aromatic carbocycles. The molecule has 1 aromatic heterocycles. The lowest BCUT2D eigenvalue weighted by atomic mass is 10.2. The van der Waals surface area contributed by atoms with Crippen molar-refractivity contribution in [3.05, 3.63) is 76.9 Å². The molecule has 0 saturated heterocycles. The van der Waals surface area contributed by atoms with Gasteiger partial charge in [0.2, 0.25) is 5.91 Å². The third kappa shape index (κ3) is 4.45. The average Bonchev–Trinajstić information content (AvgIpc) is 3.05. The van der Waals surface area contributed by atoms with Crippen molar-refractivity contribution in [1.29, 1.82) is 5.26 Å². The molecule has 26 heavy (non-hydrogen) atoms. The van der Waals surface area contributed by atoms with Crippen molar-refractivity contribution in [2.24, 2.45) is 0 Å². The van der Waals surface area contributed by atoms with E-state index in [2.05, 4.69) is 16.5 Å². The Morgan fingerprint density at radius 3 is 2.77 bits per heavy atom. The number of carbonyl (C=O) groups excluding carboxylic acids is 1. The molecule has 1 heterocycles. The standard InChI is InChI=1S/C19H15ClN4OS/c20-16-6-4-5-14(9-16)12-26-13-18(25)23-19-15(10-21)11-22-24(19)17-7-2-1-3-8-17/h1-9,11H,12-13H2,(H,23,25). The molecule has 0 aliphatic carbocycles. The van der Waals surface area contributed by atoms with E-state index >= 15 is 0 Å². The van der Waals surface area contributed by atoms with Crippen LogP contribution in [0.5, 0.6) is 0 Å². The molecule has 1 amide bonds. The van der Waals surface area contributed by atoms with Crippen molar-refractivity contribution in [3.8, 4) is 11.8 Å². The number of para-hydroxylation sites is 1. The minimum Gasteiger partial charge on any atom is -0.309 e. The molecule has 0 bridgehead atoms. The Hall–Kier alpha value is -2.75. The highest BCUT2D eigenvalue weighted by Gasteiger charge is 2.15. The smallest absolute Gasteiger partial charge is 0.235 e. The van der Waals surface area contributed by atoms with E-state index < -0.39 is 0 Å². The summed E-state index contributed by atoms with van der Waals surface area (Å²) in [6, 6.07) is 19.0. The quantitative estimate of drug-likeness (QED) is 0.691. The number of benzene rings is 2. The fraction of sp³-hybridized carbons (Fsp3) is 0.105. The van der Waals surface area contributed by atoms with E-state index in [9.17, 15) is 10.1 Å². The molecule has 130 valence electrons. The second-order valence-corrected chi connectivity index (χ2v) is 6.86. The molecule has 0 aliphatic heterocycles. The van der Waals surface area contributed by atoms with Gasteiger partial charge in [-0.1, -0.05) is 41.9 Å². The predicted octanol–water partition coefficient (Wildman–Crippen LogP) is 4.27. The maximum atomic E-state index is 12.3. The number of hydrogen-bond donors (Lipinski definition) is 1. The van der Waals surface area contributed by atoms with Crippen LogP contribution in [0.4, 0.5) is 5.82 Å². The van der Waals surface area contributed by atoms with Crippen molar-refractivity contribution in [2.75, 3.05) is 11.1 Å². The molecule has 0 unspecified atom stereocenters. The molecule has 0 atom stereocenters. The number of amides is 1. The van der Waals surface area contributed by atoms with Crippen LogP contribution < -0.4 is 5.32 Å². The predicted molar refractivity (Wildman–Crippen MR) is 105 cm³/mol. The molecule has 7 heteroatoms. The van der Waals surface area contributed by atoms with Gasteiger partial charge in [0, 0.05) is 10.8 Å². The lowest BCUT2D eigenvalue weighted by molar-refractivity contribution is -0.113. The number of nitrogens with zero attached hydrogens (tertiary/aromatic N) is 3. The summed E-state index contributed by atoms with van der Waals surface area (Å²) in [6.07, 6.45) is 1.45. The molecule has 0 fully saturated rings. The maximum Gasteiger partial charge on any atom is 0.235 e. The number of nitrogens with one attached hydrogen (secondary N) is 1. The van der Waals surface area contributed by atoms with E-state index in [4.69, 9.17) is 11.6 Å². The molecule has 0 radical (unpaired) electrons. The normalized spacial score (nSPS) is 10.3. The summed E-state index contributed by atoms with van der Waals surface area (Å²) in [5, 5.41) is 17.0. The van der Waals surface area contributed by atoms with Crippen LogP contribution in [0.1, 0.15) is 11.1 Å². The highest BCUT2D eigenvalue weighted by molar-refractivity contribution is 7.99. The summed E-state index contributed by atoms with van der Waals surface area (Å²) in [4.78, 5) is 12.3. The number of thioether (sulfide) groups is 1. The Balaban J connectivity index is 1.66. The number of hydrogen-bond acceptors (Lipinski definition) is 4. The van der Waals surface area contributed by atoms with Crippen LogP contribution in [-0.4, -0.2) is 21.4 Å². The zero-order chi connectivity index (χ0) is 18.4. The average molecular weight is 383 g/mol. The Morgan fingerprint density at radius 1 is 1.23 bits per heavy atom. The van der Waals surface area contributed by atoms with Crippen LogP contribution in [0.2, 0.25) is 5.02 Å². The molecule has 0 spiro atoms. The Morgan fingerprint density at radius 2 is 2.04 bits per heavy atom. The van der Waals surface area contributed by atoms with E-state index in [-0.39, 0.29) is 11.7 Å². The van der Waals surface area contributed by atoms with Gasteiger partial charge in [-0.05, 0) is 29.8 Å². The number of carbonyl (C=O) groups is 1. The monoisotopic (exact) mass is 382 g/mol. The molecular weight excluding hydrogens is 368 g/mol. The SMILES string of the molecule is N#Cc1cnn(-c2ccccc2)c1NC(=O)CSCc1cccc(Cl)c1. The first-order valence-electron chi connectivity index (χ1n) is 7.83. The summed E-state index contributed by atoms with van der Waals surface area (Å²) in [5.74, 6) is 1.13. The highest BCUT2D eigenvalue weighted by Crippen LogP contribution is 2.21. The van der Waals surface area contributed by atoms with Gasteiger partial charge < -0.3 is 5.32 Å². The molecule has 0 aliphatic rings. The number of rotatable bonds is 6. The topological polar surface area (TPSA) is 70.7 Å². The summed E-state index contributed by atoms with van der Waals surface area (Å²) in [7, 11) is 0. The van der Waals surface area contributed by atoms with Crippen molar-refractivity contribution < 1.29 is 4.79 Å². The Kier molecular flexibility index (Phi) is 5.95. The number of anilines is 1. The van der Waals surface area contributed by atoms with E-state index in [1.54, 1.807) is 4.68 Å². The minimum absolute atomic E-state index is 0.189. The van der Waals surface area contributed by atoms with E-state index in [1.165, 1.54) is 18.0 Å². The van der Waals surface area contributed by atoms with Gasteiger partial charge in [0.05, 0.1) is 17.6 Å². The van der Waals surface area contributed by atoms with Gasteiger partial charge in [-0.25, -0.2) is 4.68 Å². The van der Waals surface area contributed by atoms with Crippen molar-refractivity contribution in [2.45, 2.75) is 5.75 Å². The number of nitriles is 1. The molecule has 5 nitrogen and oxygen atoms in total. The van der Waals surface area contributed by atoms with Crippen molar-refractivity contribution in [3.63, 3.8) is 0 Å². The fourth-order valence-electron chi connectivity index (χ4n) is 2.37. The summed E-state index contributed by atoms with van der Waals surface area (Å²) in [5.41, 5.74) is 2.15. The van der Waals surface area contributed by atoms with Crippen LogP contribution in [0.3, 0.4) is 0 Å². The van der Waals surface area contributed by atoms with Crippen LogP contribution in [-0.2, 0) is 10.5 Å². The summed E-state index contributed by atoms with van der Waals surface area (Å²) in [6.45, 7) is 0. The van der Waals surface area contributed by atoms with E-state index in [0.717, 1.165) is 11.3 Å². The van der Waals surface area contributed by atoms with Crippen molar-refractivity contribution >= 4 is 35.1 Å². The van der Waals surface area contributed by atoms with Crippen LogP contribution >= 0.6 is 23.4 Å². The van der Waals surface area contributed by atoms with Crippen LogP contribution in [0.25, 0.3) is 5.69 Å². The van der Waals surface area contributed by atoms with Crippen LogP contribution in [0, 0.1) is 11.3 Å². The number of halogens is 1. The first-order chi connectivity index (χ1) is 12.7. The van der Waals surface area contributed by atoms with Gasteiger partial charge in [-0.3, -0.25) is 4.79 Å². The molecule has 1 N–H and O–H groups in total.